The molecule has 0 aromatic carbocycles. The van der Waals surface area contributed by atoms with E-state index in [1.165, 1.54) is 6.26 Å². The minimum atomic E-state index is -0.869. The third-order valence-electron chi connectivity index (χ3n) is 0.542. The second kappa shape index (κ2) is 4.71. The molecule has 0 atom stereocenters. The Morgan fingerprint density at radius 3 is 2.25 bits per heavy atom. The van der Waals surface area contributed by atoms with Gasteiger partial charge >= 0.3 is 0 Å². The van der Waals surface area contributed by atoms with Crippen LogP contribution < -0.4 is 0 Å². The predicted molar refractivity (Wildman–Crippen MR) is 36.1 cm³/mol. The van der Waals surface area contributed by atoms with E-state index in [-0.39, 0.29) is 0 Å². The van der Waals surface area contributed by atoms with Gasteiger partial charge in [-0.3, -0.25) is 0 Å². The van der Waals surface area contributed by atoms with Crippen LogP contribution >= 0.6 is 0 Å². The van der Waals surface area contributed by atoms with E-state index in [9.17, 15) is 0 Å². The summed E-state index contributed by atoms with van der Waals surface area (Å²) in [5.41, 5.74) is 0. The van der Waals surface area contributed by atoms with E-state index in [0.29, 0.717) is 0 Å². The topological polar surface area (TPSA) is 18.5 Å². The van der Waals surface area contributed by atoms with Crippen LogP contribution in [0.1, 0.15) is 0 Å². The lowest BCUT2D eigenvalue weighted by atomic mass is 11.1. The van der Waals surface area contributed by atoms with Gasteiger partial charge in [-0.25, -0.2) is 0 Å². The molecule has 0 aromatic rings. The highest BCUT2D eigenvalue weighted by atomic mass is 28.3. The highest BCUT2D eigenvalue weighted by molar-refractivity contribution is 6.48. The van der Waals surface area contributed by atoms with Crippen LogP contribution in [0.2, 0.25) is 13.1 Å². The second-order valence-electron chi connectivity index (χ2n) is 1.69. The minimum Gasteiger partial charge on any atom is -0.550 e. The van der Waals surface area contributed by atoms with Crippen molar-refractivity contribution in [2.24, 2.45) is 0 Å². The van der Waals surface area contributed by atoms with E-state index in [2.05, 4.69) is 17.8 Å². The molecule has 0 bridgehead atoms. The molecule has 0 saturated carbocycles. The van der Waals surface area contributed by atoms with Crippen molar-refractivity contribution in [2.75, 3.05) is 7.11 Å². The molecule has 2 nitrogen and oxygen atoms in total. The quantitative estimate of drug-likeness (QED) is 0.423. The summed E-state index contributed by atoms with van der Waals surface area (Å²) in [6.45, 7) is 4.19. The van der Waals surface area contributed by atoms with Crippen LogP contribution in [-0.4, -0.2) is 16.2 Å². The summed E-state index contributed by atoms with van der Waals surface area (Å²) in [5, 5.41) is 0. The number of hydrogen-bond acceptors (Lipinski definition) is 2. The highest BCUT2D eigenvalue weighted by Gasteiger charge is 1.87. The molecule has 0 heterocycles. The average molecular weight is 132 g/mol. The summed E-state index contributed by atoms with van der Waals surface area (Å²) in [6.07, 6.45) is 3.13. The Labute approximate surface area is 51.8 Å². The van der Waals surface area contributed by atoms with Crippen molar-refractivity contribution in [1.29, 1.82) is 0 Å². The number of methoxy groups -OCH3 is 1. The third-order valence-corrected chi connectivity index (χ3v) is 1.24. The molecule has 0 rings (SSSR count). The van der Waals surface area contributed by atoms with Crippen molar-refractivity contribution in [3.05, 3.63) is 12.5 Å². The standard InChI is InChI=1S/C5H12O2Si/c1-6-4-5-7-8(2)3/h4-5,8H,1-3H3. The maximum Gasteiger partial charge on any atom is 0.228 e. The summed E-state index contributed by atoms with van der Waals surface area (Å²) in [7, 11) is 0.730. The molecular formula is C5H12O2Si. The van der Waals surface area contributed by atoms with Crippen molar-refractivity contribution in [1.82, 2.24) is 0 Å². The Morgan fingerprint density at radius 1 is 1.25 bits per heavy atom. The minimum absolute atomic E-state index is 0.869. The van der Waals surface area contributed by atoms with Gasteiger partial charge < -0.3 is 9.16 Å². The third kappa shape index (κ3) is 5.56. The van der Waals surface area contributed by atoms with Crippen LogP contribution in [-0.2, 0) is 9.16 Å². The van der Waals surface area contributed by atoms with Gasteiger partial charge in [-0.1, -0.05) is 0 Å². The van der Waals surface area contributed by atoms with Gasteiger partial charge in [0, 0.05) is 0 Å². The molecule has 0 spiro atoms. The van der Waals surface area contributed by atoms with Gasteiger partial charge in [0.25, 0.3) is 0 Å². The zero-order chi connectivity index (χ0) is 6.41. The van der Waals surface area contributed by atoms with Crippen molar-refractivity contribution >= 4 is 9.04 Å². The van der Waals surface area contributed by atoms with Crippen LogP contribution in [0.4, 0.5) is 0 Å². The van der Waals surface area contributed by atoms with Crippen LogP contribution in [0.5, 0.6) is 0 Å². The van der Waals surface area contributed by atoms with Crippen molar-refractivity contribution < 1.29 is 9.16 Å². The van der Waals surface area contributed by atoms with Crippen LogP contribution in [0.25, 0.3) is 0 Å². The molecule has 0 saturated heterocycles. The molecule has 0 fully saturated rings. The van der Waals surface area contributed by atoms with E-state index in [0.717, 1.165) is 0 Å². The first-order valence-electron chi connectivity index (χ1n) is 2.60. The van der Waals surface area contributed by atoms with Crippen LogP contribution in [0.3, 0.4) is 0 Å². The van der Waals surface area contributed by atoms with Gasteiger partial charge in [0.1, 0.15) is 6.26 Å². The molecule has 0 aliphatic heterocycles. The Balaban J connectivity index is 3.03. The Morgan fingerprint density at radius 2 is 1.88 bits per heavy atom. The smallest absolute Gasteiger partial charge is 0.228 e. The number of rotatable bonds is 3. The lowest BCUT2D eigenvalue weighted by Gasteiger charge is -1.99. The lowest BCUT2D eigenvalue weighted by molar-refractivity contribution is 0.320. The van der Waals surface area contributed by atoms with Crippen molar-refractivity contribution in [2.45, 2.75) is 13.1 Å². The molecule has 8 heavy (non-hydrogen) atoms. The Kier molecular flexibility index (Phi) is 4.45. The maximum atomic E-state index is 5.12. The van der Waals surface area contributed by atoms with E-state index in [4.69, 9.17) is 4.43 Å². The first kappa shape index (κ1) is 7.56. The van der Waals surface area contributed by atoms with E-state index in [1.54, 1.807) is 13.4 Å². The Hall–Kier alpha value is -0.443. The second-order valence-corrected chi connectivity index (χ2v) is 4.06. The monoisotopic (exact) mass is 132 g/mol. The maximum absolute atomic E-state index is 5.12. The molecule has 0 aromatic heterocycles. The van der Waals surface area contributed by atoms with Crippen LogP contribution in [0.15, 0.2) is 12.5 Å². The Bertz CT molecular complexity index is 70.8. The summed E-state index contributed by atoms with van der Waals surface area (Å²) in [5.74, 6) is 0. The first-order chi connectivity index (χ1) is 3.77. The van der Waals surface area contributed by atoms with Gasteiger partial charge in [0.2, 0.25) is 9.04 Å². The summed E-state index contributed by atoms with van der Waals surface area (Å²) in [4.78, 5) is 0. The molecule has 0 amide bonds. The first-order valence-corrected chi connectivity index (χ1v) is 5.38. The molecular weight excluding hydrogens is 120 g/mol. The SMILES string of the molecule is COC=CO[SiH](C)C. The number of hydrogen-bond donors (Lipinski definition) is 0. The van der Waals surface area contributed by atoms with Gasteiger partial charge in [0.05, 0.1) is 13.4 Å². The summed E-state index contributed by atoms with van der Waals surface area (Å²) in [6, 6.07) is 0. The van der Waals surface area contributed by atoms with Gasteiger partial charge in [-0.2, -0.15) is 0 Å². The van der Waals surface area contributed by atoms with E-state index < -0.39 is 9.04 Å². The fourth-order valence-corrected chi connectivity index (χ4v) is 0.623. The highest BCUT2D eigenvalue weighted by Crippen LogP contribution is 1.83. The summed E-state index contributed by atoms with van der Waals surface area (Å²) >= 11 is 0. The van der Waals surface area contributed by atoms with Crippen molar-refractivity contribution in [3.8, 4) is 0 Å². The van der Waals surface area contributed by atoms with E-state index >= 15 is 0 Å². The van der Waals surface area contributed by atoms with Gasteiger partial charge in [0.15, 0.2) is 0 Å². The molecule has 0 N–H and O–H groups in total. The molecule has 3 heteroatoms. The lowest BCUT2D eigenvalue weighted by Crippen LogP contribution is -2.00. The van der Waals surface area contributed by atoms with Gasteiger partial charge in [-0.15, -0.1) is 0 Å². The van der Waals surface area contributed by atoms with Gasteiger partial charge in [-0.05, 0) is 13.1 Å². The predicted octanol–water partition coefficient (Wildman–Crippen LogP) is 1.10. The van der Waals surface area contributed by atoms with Crippen molar-refractivity contribution in [3.63, 3.8) is 0 Å². The van der Waals surface area contributed by atoms with Crippen LogP contribution in [0, 0.1) is 0 Å². The fraction of sp³-hybridized carbons (Fsp3) is 0.600. The zero-order valence-electron chi connectivity index (χ0n) is 5.55. The zero-order valence-corrected chi connectivity index (χ0v) is 6.70. The molecule has 0 unspecified atom stereocenters. The largest absolute Gasteiger partial charge is 0.550 e. The van der Waals surface area contributed by atoms with E-state index in [1.807, 2.05) is 0 Å². The molecule has 0 radical (unpaired) electrons. The normalized spacial score (nSPS) is 10.5. The summed E-state index contributed by atoms with van der Waals surface area (Å²) < 4.78 is 9.72. The number of ether oxygens (including phenoxy) is 1. The molecule has 0 aliphatic carbocycles. The molecule has 48 valence electrons. The molecule has 0 aliphatic rings. The average Bonchev–Trinajstić information content (AvgIpc) is 1.66. The fourth-order valence-electron chi connectivity index (χ4n) is 0.245.